The van der Waals surface area contributed by atoms with E-state index in [0.717, 1.165) is 49.4 Å². The lowest BCUT2D eigenvalue weighted by molar-refractivity contribution is -0.119. The van der Waals surface area contributed by atoms with Crippen molar-refractivity contribution in [3.63, 3.8) is 0 Å². The first-order valence-electron chi connectivity index (χ1n) is 10.8. The third-order valence-electron chi connectivity index (χ3n) is 7.55. The van der Waals surface area contributed by atoms with Gasteiger partial charge in [0.25, 0.3) is 5.91 Å². The fourth-order valence-corrected chi connectivity index (χ4v) is 6.75. The number of amides is 2. The van der Waals surface area contributed by atoms with Crippen LogP contribution in [-0.2, 0) is 4.79 Å². The second kappa shape index (κ2) is 6.65. The third kappa shape index (κ3) is 3.28. The maximum atomic E-state index is 12.7. The van der Waals surface area contributed by atoms with Gasteiger partial charge in [-0.2, -0.15) is 0 Å². The summed E-state index contributed by atoms with van der Waals surface area (Å²) in [6, 6.07) is 7.57. The lowest BCUT2D eigenvalue weighted by atomic mass is 9.49. The number of hydrogen-bond donors (Lipinski definition) is 1. The molecule has 0 spiro atoms. The largest absolute Gasteiger partial charge is 0.351 e. The number of nitrogens with zero attached hydrogens (tertiary/aromatic N) is 1. The number of carbonyl (C=O) groups excluding carboxylic acids is 2. The first-order chi connectivity index (χ1) is 13.1. The zero-order chi connectivity index (χ0) is 18.4. The Morgan fingerprint density at radius 1 is 1.00 bits per heavy atom. The van der Waals surface area contributed by atoms with Crippen molar-refractivity contribution in [1.29, 1.82) is 0 Å². The van der Waals surface area contributed by atoms with Gasteiger partial charge in [-0.05, 0) is 98.8 Å². The summed E-state index contributed by atoms with van der Waals surface area (Å²) in [5.41, 5.74) is 1.98. The molecule has 0 aromatic heterocycles. The van der Waals surface area contributed by atoms with Gasteiger partial charge in [0.1, 0.15) is 0 Å². The van der Waals surface area contributed by atoms with Gasteiger partial charge in [-0.25, -0.2) is 0 Å². The molecule has 5 fully saturated rings. The lowest BCUT2D eigenvalue weighted by Gasteiger charge is -2.56. The highest BCUT2D eigenvalue weighted by molar-refractivity contribution is 5.96. The van der Waals surface area contributed by atoms with Crippen LogP contribution in [0, 0.1) is 23.2 Å². The summed E-state index contributed by atoms with van der Waals surface area (Å²) in [6.45, 7) is 1.62. The molecular formula is C23H30N2O2. The second-order valence-electron chi connectivity index (χ2n) is 9.65. The highest BCUT2D eigenvalue weighted by Gasteiger charge is 2.50. The van der Waals surface area contributed by atoms with Gasteiger partial charge in [-0.1, -0.05) is 0 Å². The fraction of sp³-hybridized carbons (Fsp3) is 0.652. The minimum Gasteiger partial charge on any atom is -0.351 e. The molecule has 144 valence electrons. The summed E-state index contributed by atoms with van der Waals surface area (Å²) < 4.78 is 0. The van der Waals surface area contributed by atoms with E-state index in [4.69, 9.17) is 0 Å². The van der Waals surface area contributed by atoms with E-state index in [9.17, 15) is 9.59 Å². The van der Waals surface area contributed by atoms with Crippen LogP contribution in [0.25, 0.3) is 0 Å². The van der Waals surface area contributed by atoms with Gasteiger partial charge in [-0.3, -0.25) is 9.59 Å². The third-order valence-corrected chi connectivity index (χ3v) is 7.55. The minimum absolute atomic E-state index is 0.0299. The Bertz CT molecular complexity index is 704. The molecule has 1 saturated heterocycles. The predicted molar refractivity (Wildman–Crippen MR) is 106 cm³/mol. The molecule has 4 aliphatic carbocycles. The Balaban J connectivity index is 1.22. The van der Waals surface area contributed by atoms with E-state index >= 15 is 0 Å². The predicted octanol–water partition coefficient (Wildman–Crippen LogP) is 4.15. The van der Waals surface area contributed by atoms with Gasteiger partial charge in [-0.15, -0.1) is 0 Å². The molecule has 0 radical (unpaired) electrons. The van der Waals surface area contributed by atoms with Crippen molar-refractivity contribution < 1.29 is 9.59 Å². The van der Waals surface area contributed by atoms with Crippen LogP contribution in [0.5, 0.6) is 0 Å². The quantitative estimate of drug-likeness (QED) is 0.870. The SMILES string of the molecule is O=C(NCC12CC3CC(CC(C3)C1)C2)c1ccc(N2CCCCC2=O)cc1. The van der Waals surface area contributed by atoms with E-state index < -0.39 is 0 Å². The van der Waals surface area contributed by atoms with Crippen LogP contribution in [0.1, 0.15) is 68.1 Å². The highest BCUT2D eigenvalue weighted by Crippen LogP contribution is 2.59. The number of rotatable bonds is 4. The molecule has 27 heavy (non-hydrogen) atoms. The maximum absolute atomic E-state index is 12.7. The molecule has 6 rings (SSSR count). The van der Waals surface area contributed by atoms with Crippen molar-refractivity contribution in [2.24, 2.45) is 23.2 Å². The summed E-state index contributed by atoms with van der Waals surface area (Å²) >= 11 is 0. The molecule has 1 aromatic carbocycles. The normalized spacial score (nSPS) is 34.7. The molecule has 1 aromatic rings. The van der Waals surface area contributed by atoms with Crippen LogP contribution in [0.4, 0.5) is 5.69 Å². The standard InChI is InChI=1S/C23H30N2O2/c26-21-3-1-2-8-25(21)20-6-4-19(5-7-20)22(27)24-15-23-12-16-9-17(13-23)11-18(10-16)14-23/h4-7,16-18H,1-3,8-15H2,(H,24,27). The van der Waals surface area contributed by atoms with Gasteiger partial charge < -0.3 is 10.2 Å². The van der Waals surface area contributed by atoms with Crippen molar-refractivity contribution in [3.8, 4) is 0 Å². The fourth-order valence-electron chi connectivity index (χ4n) is 6.75. The summed E-state index contributed by atoms with van der Waals surface area (Å²) in [7, 11) is 0. The monoisotopic (exact) mass is 366 g/mol. The molecule has 0 atom stereocenters. The van der Waals surface area contributed by atoms with Crippen LogP contribution in [0.2, 0.25) is 0 Å². The number of piperidine rings is 1. The van der Waals surface area contributed by atoms with E-state index in [-0.39, 0.29) is 11.8 Å². The molecule has 1 heterocycles. The van der Waals surface area contributed by atoms with E-state index in [1.54, 1.807) is 0 Å². The topological polar surface area (TPSA) is 49.4 Å². The molecular weight excluding hydrogens is 336 g/mol. The lowest BCUT2D eigenvalue weighted by Crippen LogP contribution is -2.51. The van der Waals surface area contributed by atoms with Crippen molar-refractivity contribution in [2.75, 3.05) is 18.0 Å². The smallest absolute Gasteiger partial charge is 0.251 e. The van der Waals surface area contributed by atoms with E-state index in [1.807, 2.05) is 29.2 Å². The van der Waals surface area contributed by atoms with Gasteiger partial charge >= 0.3 is 0 Å². The van der Waals surface area contributed by atoms with E-state index in [0.29, 0.717) is 17.4 Å². The van der Waals surface area contributed by atoms with Crippen LogP contribution < -0.4 is 10.2 Å². The summed E-state index contributed by atoms with van der Waals surface area (Å²) in [5, 5.41) is 3.24. The number of nitrogens with one attached hydrogen (secondary N) is 1. The van der Waals surface area contributed by atoms with Crippen LogP contribution in [-0.4, -0.2) is 24.9 Å². The summed E-state index contributed by atoms with van der Waals surface area (Å²) in [4.78, 5) is 26.6. The first-order valence-corrected chi connectivity index (χ1v) is 10.8. The summed E-state index contributed by atoms with van der Waals surface area (Å²) in [6.07, 6.45) is 10.9. The minimum atomic E-state index is 0.0299. The Morgan fingerprint density at radius 3 is 2.22 bits per heavy atom. The molecule has 1 aliphatic heterocycles. The Morgan fingerprint density at radius 2 is 1.63 bits per heavy atom. The number of benzene rings is 1. The molecule has 4 saturated carbocycles. The molecule has 4 nitrogen and oxygen atoms in total. The van der Waals surface area contributed by atoms with Crippen molar-refractivity contribution >= 4 is 17.5 Å². The Hall–Kier alpha value is -1.84. The van der Waals surface area contributed by atoms with Crippen molar-refractivity contribution in [3.05, 3.63) is 29.8 Å². The molecule has 0 unspecified atom stereocenters. The summed E-state index contributed by atoms with van der Waals surface area (Å²) in [5.74, 6) is 2.96. The van der Waals surface area contributed by atoms with Gasteiger partial charge in [0.15, 0.2) is 0 Å². The van der Waals surface area contributed by atoms with E-state index in [2.05, 4.69) is 5.32 Å². The highest BCUT2D eigenvalue weighted by atomic mass is 16.2. The number of hydrogen-bond acceptors (Lipinski definition) is 2. The molecule has 4 bridgehead atoms. The van der Waals surface area contributed by atoms with Crippen LogP contribution >= 0.6 is 0 Å². The van der Waals surface area contributed by atoms with Crippen LogP contribution in [0.15, 0.2) is 24.3 Å². The number of carbonyl (C=O) groups is 2. The second-order valence-corrected chi connectivity index (χ2v) is 9.65. The number of anilines is 1. The Labute approximate surface area is 161 Å². The Kier molecular flexibility index (Phi) is 4.25. The molecule has 4 heteroatoms. The average molecular weight is 367 g/mol. The van der Waals surface area contributed by atoms with Gasteiger partial charge in [0.2, 0.25) is 5.91 Å². The van der Waals surface area contributed by atoms with Crippen molar-refractivity contribution in [2.45, 2.75) is 57.8 Å². The van der Waals surface area contributed by atoms with Gasteiger partial charge in [0.05, 0.1) is 0 Å². The zero-order valence-electron chi connectivity index (χ0n) is 16.1. The molecule has 2 amide bonds. The average Bonchev–Trinajstić information content (AvgIpc) is 2.66. The van der Waals surface area contributed by atoms with Crippen molar-refractivity contribution in [1.82, 2.24) is 5.32 Å². The molecule has 1 N–H and O–H groups in total. The van der Waals surface area contributed by atoms with Gasteiger partial charge in [0, 0.05) is 30.8 Å². The van der Waals surface area contributed by atoms with E-state index in [1.165, 1.54) is 38.5 Å². The first kappa shape index (κ1) is 17.3. The molecule has 5 aliphatic rings. The van der Waals surface area contributed by atoms with Crippen LogP contribution in [0.3, 0.4) is 0 Å². The zero-order valence-corrected chi connectivity index (χ0v) is 16.1. The maximum Gasteiger partial charge on any atom is 0.251 e.